The molecule has 0 unspecified atom stereocenters. The van der Waals surface area contributed by atoms with Gasteiger partial charge in [0.2, 0.25) is 5.91 Å². The first-order valence-corrected chi connectivity index (χ1v) is 11.3. The fraction of sp³-hybridized carbons (Fsp3) is 0.240. The Morgan fingerprint density at radius 2 is 1.73 bits per heavy atom. The molecule has 1 N–H and O–H groups in total. The number of aromatic amines is 1. The molecule has 2 aromatic carbocycles. The number of aryl methyl sites for hydroxylation is 1. The van der Waals surface area contributed by atoms with Crippen LogP contribution in [0.2, 0.25) is 5.02 Å². The average molecular weight is 464 g/mol. The van der Waals surface area contributed by atoms with E-state index < -0.39 is 0 Å². The number of hydrogen-bond acceptors (Lipinski definition) is 4. The number of carbonyl (C=O) groups is 1. The second kappa shape index (κ2) is 9.19. The molecule has 1 aliphatic heterocycles. The van der Waals surface area contributed by atoms with Crippen LogP contribution in [0.5, 0.6) is 0 Å². The molecule has 0 bridgehead atoms. The molecule has 1 fully saturated rings. The zero-order valence-electron chi connectivity index (χ0n) is 18.0. The molecule has 3 heterocycles. The van der Waals surface area contributed by atoms with Crippen molar-refractivity contribution in [3.05, 3.63) is 77.3 Å². The van der Waals surface area contributed by atoms with E-state index in [1.807, 2.05) is 29.2 Å². The number of nitrogens with one attached hydrogen (secondary N) is 1. The molecule has 1 amide bonds. The highest BCUT2D eigenvalue weighted by atomic mass is 35.5. The van der Waals surface area contributed by atoms with Crippen molar-refractivity contribution in [2.24, 2.45) is 0 Å². The van der Waals surface area contributed by atoms with Gasteiger partial charge in [0.25, 0.3) is 0 Å². The summed E-state index contributed by atoms with van der Waals surface area (Å²) in [6, 6.07) is 16.1. The number of halogens is 2. The van der Waals surface area contributed by atoms with Gasteiger partial charge in [-0.3, -0.25) is 4.79 Å². The summed E-state index contributed by atoms with van der Waals surface area (Å²) >= 11 is 6.01. The molecule has 0 spiro atoms. The molecule has 0 saturated carbocycles. The summed E-state index contributed by atoms with van der Waals surface area (Å²) in [7, 11) is 0. The number of benzene rings is 2. The quantitative estimate of drug-likeness (QED) is 0.466. The van der Waals surface area contributed by atoms with E-state index in [0.717, 1.165) is 33.7 Å². The summed E-state index contributed by atoms with van der Waals surface area (Å²) in [4.78, 5) is 29.1. The molecule has 5 rings (SSSR count). The lowest BCUT2D eigenvalue weighted by Crippen LogP contribution is -2.49. The predicted octanol–water partition coefficient (Wildman–Crippen LogP) is 4.70. The van der Waals surface area contributed by atoms with Crippen LogP contribution < -0.4 is 4.90 Å². The van der Waals surface area contributed by atoms with Crippen LogP contribution in [0, 0.1) is 5.82 Å². The SMILES string of the molecule is O=C(CCc1ccc(F)cc1)N1CCN(c2ncnc3[nH]c(-c4ccc(Cl)cc4)cc23)CC1. The summed E-state index contributed by atoms with van der Waals surface area (Å²) < 4.78 is 13.1. The second-order valence-electron chi connectivity index (χ2n) is 8.14. The van der Waals surface area contributed by atoms with E-state index in [1.165, 1.54) is 12.1 Å². The summed E-state index contributed by atoms with van der Waals surface area (Å²) in [6.45, 7) is 2.69. The van der Waals surface area contributed by atoms with Crippen molar-refractivity contribution in [3.63, 3.8) is 0 Å². The van der Waals surface area contributed by atoms with E-state index in [4.69, 9.17) is 11.6 Å². The predicted molar refractivity (Wildman–Crippen MR) is 128 cm³/mol. The Bertz CT molecular complexity index is 1260. The van der Waals surface area contributed by atoms with Gasteiger partial charge in [0, 0.05) is 43.3 Å². The number of amides is 1. The van der Waals surface area contributed by atoms with Gasteiger partial charge in [0.1, 0.15) is 23.6 Å². The molecule has 4 aromatic rings. The minimum absolute atomic E-state index is 0.124. The van der Waals surface area contributed by atoms with Crippen molar-refractivity contribution in [1.29, 1.82) is 0 Å². The molecule has 0 radical (unpaired) electrons. The van der Waals surface area contributed by atoms with E-state index in [-0.39, 0.29) is 11.7 Å². The number of fused-ring (bicyclic) bond motifs is 1. The lowest BCUT2D eigenvalue weighted by Gasteiger charge is -2.35. The Morgan fingerprint density at radius 1 is 1.00 bits per heavy atom. The van der Waals surface area contributed by atoms with Crippen LogP contribution in [0.15, 0.2) is 60.9 Å². The number of hydrogen-bond donors (Lipinski definition) is 1. The van der Waals surface area contributed by atoms with Gasteiger partial charge in [-0.15, -0.1) is 0 Å². The molecule has 33 heavy (non-hydrogen) atoms. The van der Waals surface area contributed by atoms with Gasteiger partial charge in [-0.1, -0.05) is 35.9 Å². The van der Waals surface area contributed by atoms with Gasteiger partial charge in [0.15, 0.2) is 0 Å². The van der Waals surface area contributed by atoms with Gasteiger partial charge >= 0.3 is 0 Å². The van der Waals surface area contributed by atoms with Crippen LogP contribution in [-0.2, 0) is 11.2 Å². The Balaban J connectivity index is 1.25. The maximum Gasteiger partial charge on any atom is 0.223 e. The van der Waals surface area contributed by atoms with E-state index in [0.29, 0.717) is 44.0 Å². The highest BCUT2D eigenvalue weighted by molar-refractivity contribution is 6.30. The molecule has 6 nitrogen and oxygen atoms in total. The molecule has 0 atom stereocenters. The molecule has 2 aromatic heterocycles. The van der Waals surface area contributed by atoms with Crippen LogP contribution in [-0.4, -0.2) is 51.9 Å². The van der Waals surface area contributed by atoms with E-state index >= 15 is 0 Å². The zero-order valence-corrected chi connectivity index (χ0v) is 18.7. The Kier molecular flexibility index (Phi) is 5.96. The van der Waals surface area contributed by atoms with Gasteiger partial charge < -0.3 is 14.8 Å². The number of aromatic nitrogens is 3. The largest absolute Gasteiger partial charge is 0.352 e. The molecule has 168 valence electrons. The van der Waals surface area contributed by atoms with Crippen LogP contribution in [0.4, 0.5) is 10.2 Å². The highest BCUT2D eigenvalue weighted by Crippen LogP contribution is 2.29. The van der Waals surface area contributed by atoms with Crippen LogP contribution in [0.25, 0.3) is 22.3 Å². The summed E-state index contributed by atoms with van der Waals surface area (Å²) in [5, 5.41) is 1.65. The zero-order chi connectivity index (χ0) is 22.8. The second-order valence-corrected chi connectivity index (χ2v) is 8.58. The van der Waals surface area contributed by atoms with Crippen molar-refractivity contribution in [3.8, 4) is 11.3 Å². The van der Waals surface area contributed by atoms with Gasteiger partial charge in [-0.2, -0.15) is 0 Å². The number of H-pyrrole nitrogens is 1. The van der Waals surface area contributed by atoms with Gasteiger partial charge in [0.05, 0.1) is 5.39 Å². The first kappa shape index (κ1) is 21.4. The lowest BCUT2D eigenvalue weighted by molar-refractivity contribution is -0.131. The number of piperazine rings is 1. The highest BCUT2D eigenvalue weighted by Gasteiger charge is 2.23. The fourth-order valence-corrected chi connectivity index (χ4v) is 4.32. The van der Waals surface area contributed by atoms with Gasteiger partial charge in [-0.25, -0.2) is 14.4 Å². The number of nitrogens with zero attached hydrogens (tertiary/aromatic N) is 4. The maximum absolute atomic E-state index is 13.1. The standard InChI is InChI=1S/C25H23ClFN5O/c26-19-6-4-18(5-7-19)22-15-21-24(30-22)28-16-29-25(21)32-13-11-31(12-14-32)23(33)10-3-17-1-8-20(27)9-2-17/h1-2,4-9,15-16H,3,10-14H2,(H,28,29,30). The minimum Gasteiger partial charge on any atom is -0.352 e. The maximum atomic E-state index is 13.1. The first-order chi connectivity index (χ1) is 16.1. The molecular weight excluding hydrogens is 441 g/mol. The third kappa shape index (κ3) is 4.68. The van der Waals surface area contributed by atoms with Crippen molar-refractivity contribution in [2.75, 3.05) is 31.1 Å². The molecule has 8 heteroatoms. The fourth-order valence-electron chi connectivity index (χ4n) is 4.19. The monoisotopic (exact) mass is 463 g/mol. The first-order valence-electron chi connectivity index (χ1n) is 10.9. The Hall–Kier alpha value is -3.45. The van der Waals surface area contributed by atoms with Crippen molar-refractivity contribution in [2.45, 2.75) is 12.8 Å². The lowest BCUT2D eigenvalue weighted by atomic mass is 10.1. The Morgan fingerprint density at radius 3 is 2.45 bits per heavy atom. The topological polar surface area (TPSA) is 65.1 Å². The van der Waals surface area contributed by atoms with E-state index in [1.54, 1.807) is 18.5 Å². The molecule has 1 aliphatic rings. The van der Waals surface area contributed by atoms with Crippen LogP contribution in [0.3, 0.4) is 0 Å². The minimum atomic E-state index is -0.261. The number of rotatable bonds is 5. The number of carbonyl (C=O) groups excluding carboxylic acids is 1. The van der Waals surface area contributed by atoms with E-state index in [9.17, 15) is 9.18 Å². The Labute approximate surface area is 196 Å². The van der Waals surface area contributed by atoms with Crippen molar-refractivity contribution in [1.82, 2.24) is 19.9 Å². The van der Waals surface area contributed by atoms with Crippen molar-refractivity contribution < 1.29 is 9.18 Å². The molecular formula is C25H23ClFN5O. The average Bonchev–Trinajstić information content (AvgIpc) is 3.28. The third-order valence-electron chi connectivity index (χ3n) is 6.03. The smallest absolute Gasteiger partial charge is 0.223 e. The molecule has 1 saturated heterocycles. The van der Waals surface area contributed by atoms with Crippen LogP contribution in [0.1, 0.15) is 12.0 Å². The summed E-state index contributed by atoms with van der Waals surface area (Å²) in [6.07, 6.45) is 2.61. The number of anilines is 1. The molecule has 0 aliphatic carbocycles. The van der Waals surface area contributed by atoms with E-state index in [2.05, 4.69) is 25.9 Å². The summed E-state index contributed by atoms with van der Waals surface area (Å²) in [5.41, 5.74) is 3.73. The normalized spacial score (nSPS) is 14.1. The van der Waals surface area contributed by atoms with Gasteiger partial charge in [-0.05, 0) is 47.9 Å². The summed E-state index contributed by atoms with van der Waals surface area (Å²) in [5.74, 6) is 0.732. The van der Waals surface area contributed by atoms with Crippen LogP contribution >= 0.6 is 11.6 Å². The van der Waals surface area contributed by atoms with Crippen molar-refractivity contribution >= 4 is 34.4 Å². The third-order valence-corrected chi connectivity index (χ3v) is 6.28.